The smallest absolute Gasteiger partial charge is 0.408 e. The minimum Gasteiger partial charge on any atom is -0.444 e. The molecule has 2 N–H and O–H groups in total. The molecule has 3 amide bonds. The number of anilines is 1. The van der Waals surface area contributed by atoms with Gasteiger partial charge >= 0.3 is 6.09 Å². The molecule has 2 atom stereocenters. The van der Waals surface area contributed by atoms with Crippen LogP contribution in [0.4, 0.5) is 23.7 Å². The van der Waals surface area contributed by atoms with Gasteiger partial charge in [0.15, 0.2) is 17.5 Å². The zero-order valence-corrected chi connectivity index (χ0v) is 21.5. The lowest BCUT2D eigenvalue weighted by Crippen LogP contribution is -2.56. The first-order valence-corrected chi connectivity index (χ1v) is 12.1. The fourth-order valence-electron chi connectivity index (χ4n) is 4.23. The van der Waals surface area contributed by atoms with Crippen LogP contribution in [0.5, 0.6) is 0 Å². The Kier molecular flexibility index (Phi) is 8.50. The predicted octanol–water partition coefficient (Wildman–Crippen LogP) is 4.41. The summed E-state index contributed by atoms with van der Waals surface area (Å²) in [4.78, 5) is 40.9. The summed E-state index contributed by atoms with van der Waals surface area (Å²) in [5.41, 5.74) is 0.790. The van der Waals surface area contributed by atoms with Crippen molar-refractivity contribution >= 4 is 23.6 Å². The second-order valence-electron chi connectivity index (χ2n) is 10.3. The molecule has 7 nitrogen and oxygen atoms in total. The lowest BCUT2D eigenvalue weighted by atomic mass is 10.0. The van der Waals surface area contributed by atoms with E-state index in [1.807, 2.05) is 38.1 Å². The maximum atomic E-state index is 13.8. The van der Waals surface area contributed by atoms with E-state index >= 15 is 0 Å². The Morgan fingerprint density at radius 2 is 1.73 bits per heavy atom. The van der Waals surface area contributed by atoms with Crippen molar-refractivity contribution in [1.82, 2.24) is 10.6 Å². The average Bonchev–Trinajstić information content (AvgIpc) is 2.92. The number of ether oxygens (including phenoxy) is 1. The van der Waals surface area contributed by atoms with Crippen LogP contribution in [0, 0.1) is 17.5 Å². The number of carbonyl (C=O) groups is 3. The molecule has 2 aromatic carbocycles. The fraction of sp³-hybridized carbons (Fsp3) is 0.444. The van der Waals surface area contributed by atoms with Crippen molar-refractivity contribution < 1.29 is 32.3 Å². The highest BCUT2D eigenvalue weighted by Crippen LogP contribution is 2.29. The van der Waals surface area contributed by atoms with E-state index in [1.165, 1.54) is 0 Å². The van der Waals surface area contributed by atoms with Gasteiger partial charge < -0.3 is 20.3 Å². The second-order valence-corrected chi connectivity index (χ2v) is 10.3. The predicted molar refractivity (Wildman–Crippen MR) is 132 cm³/mol. The largest absolute Gasteiger partial charge is 0.444 e. The van der Waals surface area contributed by atoms with Crippen LogP contribution in [0.15, 0.2) is 36.4 Å². The number of amides is 3. The summed E-state index contributed by atoms with van der Waals surface area (Å²) in [6.07, 6.45) is -0.466. The number of fused-ring (bicyclic) bond motifs is 1. The van der Waals surface area contributed by atoms with E-state index in [0.717, 1.165) is 23.4 Å². The molecule has 3 rings (SSSR count). The molecule has 0 saturated carbocycles. The molecule has 10 heteroatoms. The molecule has 0 aliphatic carbocycles. The molecule has 0 fully saturated rings. The summed E-state index contributed by atoms with van der Waals surface area (Å²) in [6.45, 7) is 8.63. The monoisotopic (exact) mass is 519 g/mol. The number of aryl methyl sites for hydroxylation is 1. The maximum Gasteiger partial charge on any atom is 0.408 e. The van der Waals surface area contributed by atoms with Gasteiger partial charge in [0.05, 0.1) is 0 Å². The standard InChI is InChI=1S/C27H32F3N3O4/c1-15(2)33-22-9-7-6-8-17(22)10-11-20(25(33)35)31-24(34)21(32-26(36)37-27(3,4)5)14-16-12-18(28)23(30)19(29)13-16/h6-9,12-13,15,20-21H,10-11,14H2,1-5H3,(H,31,34)(H,32,36)/t20-,21-/m1/s1. The lowest BCUT2D eigenvalue weighted by molar-refractivity contribution is -0.129. The molecule has 1 heterocycles. The Hall–Kier alpha value is -3.56. The number of nitrogens with one attached hydrogen (secondary N) is 2. The Morgan fingerprint density at radius 1 is 1.11 bits per heavy atom. The molecule has 1 aliphatic rings. The Bertz CT molecular complexity index is 1160. The SMILES string of the molecule is CC(C)N1C(=O)[C@H](NC(=O)[C@@H](Cc2cc(F)c(F)c(F)c2)NC(=O)OC(C)(C)C)CCc2ccccc21. The average molecular weight is 520 g/mol. The van der Waals surface area contributed by atoms with Gasteiger partial charge in [0.25, 0.3) is 0 Å². The zero-order valence-electron chi connectivity index (χ0n) is 21.5. The molecule has 0 aromatic heterocycles. The van der Waals surface area contributed by atoms with Gasteiger partial charge in [0.1, 0.15) is 17.7 Å². The molecule has 0 saturated heterocycles. The third-order valence-corrected chi connectivity index (χ3v) is 5.81. The van der Waals surface area contributed by atoms with Crippen LogP contribution < -0.4 is 15.5 Å². The molecule has 200 valence electrons. The van der Waals surface area contributed by atoms with Crippen molar-refractivity contribution in [3.63, 3.8) is 0 Å². The van der Waals surface area contributed by atoms with E-state index in [2.05, 4.69) is 10.6 Å². The molecule has 2 aromatic rings. The quantitative estimate of drug-likeness (QED) is 0.554. The Morgan fingerprint density at radius 3 is 2.32 bits per heavy atom. The maximum absolute atomic E-state index is 13.8. The van der Waals surface area contributed by atoms with Crippen molar-refractivity contribution in [3.05, 3.63) is 65.0 Å². The first-order valence-electron chi connectivity index (χ1n) is 12.1. The van der Waals surface area contributed by atoms with Gasteiger partial charge in [-0.1, -0.05) is 18.2 Å². The highest BCUT2D eigenvalue weighted by Gasteiger charge is 2.35. The summed E-state index contributed by atoms with van der Waals surface area (Å²) in [6, 6.07) is 6.54. The zero-order chi connectivity index (χ0) is 27.5. The Balaban J connectivity index is 1.86. The normalized spacial score (nSPS) is 16.6. The number of hydrogen-bond acceptors (Lipinski definition) is 4. The Labute approximate surface area is 214 Å². The second kappa shape index (κ2) is 11.2. The van der Waals surface area contributed by atoms with E-state index in [1.54, 1.807) is 25.7 Å². The molecular formula is C27H32F3N3O4. The van der Waals surface area contributed by atoms with Crippen LogP contribution in [0.3, 0.4) is 0 Å². The van der Waals surface area contributed by atoms with Gasteiger partial charge in [-0.05, 0) is 76.8 Å². The van der Waals surface area contributed by atoms with Gasteiger partial charge in [-0.25, -0.2) is 18.0 Å². The van der Waals surface area contributed by atoms with Gasteiger partial charge in [0.2, 0.25) is 11.8 Å². The molecule has 0 spiro atoms. The molecule has 1 aliphatic heterocycles. The van der Waals surface area contributed by atoms with E-state index in [0.29, 0.717) is 12.8 Å². The third kappa shape index (κ3) is 7.02. The van der Waals surface area contributed by atoms with Crippen LogP contribution in [-0.4, -0.2) is 41.6 Å². The molecule has 37 heavy (non-hydrogen) atoms. The number of hydrogen-bond donors (Lipinski definition) is 2. The van der Waals surface area contributed by atoms with Gasteiger partial charge in [-0.15, -0.1) is 0 Å². The van der Waals surface area contributed by atoms with Crippen LogP contribution in [0.25, 0.3) is 0 Å². The molecule has 0 unspecified atom stereocenters. The van der Waals surface area contributed by atoms with Gasteiger partial charge in [0, 0.05) is 18.2 Å². The highest BCUT2D eigenvalue weighted by atomic mass is 19.2. The first kappa shape index (κ1) is 28.0. The number of nitrogens with zero attached hydrogens (tertiary/aromatic N) is 1. The van der Waals surface area contributed by atoms with Crippen LogP contribution >= 0.6 is 0 Å². The first-order chi connectivity index (χ1) is 17.3. The van der Waals surface area contributed by atoms with Crippen LogP contribution in [-0.2, 0) is 27.2 Å². The highest BCUT2D eigenvalue weighted by molar-refractivity contribution is 6.01. The third-order valence-electron chi connectivity index (χ3n) is 5.81. The van der Waals surface area contributed by atoms with Crippen molar-refractivity contribution in [2.45, 2.75) is 77.6 Å². The van der Waals surface area contributed by atoms with Crippen molar-refractivity contribution in [1.29, 1.82) is 0 Å². The number of halogens is 3. The van der Waals surface area contributed by atoms with E-state index in [9.17, 15) is 27.6 Å². The number of alkyl carbamates (subject to hydrolysis) is 1. The summed E-state index contributed by atoms with van der Waals surface area (Å²) in [5.74, 6) is -5.54. The number of carbonyl (C=O) groups excluding carboxylic acids is 3. The summed E-state index contributed by atoms with van der Waals surface area (Å²) < 4.78 is 46.3. The molecule has 0 bridgehead atoms. The topological polar surface area (TPSA) is 87.7 Å². The summed E-state index contributed by atoms with van der Waals surface area (Å²) >= 11 is 0. The molecule has 0 radical (unpaired) electrons. The number of benzene rings is 2. The summed E-state index contributed by atoms with van der Waals surface area (Å²) in [5, 5.41) is 5.11. The minimum absolute atomic E-state index is 0.0592. The lowest BCUT2D eigenvalue weighted by Gasteiger charge is -2.30. The minimum atomic E-state index is -1.64. The van der Waals surface area contributed by atoms with Crippen molar-refractivity contribution in [2.24, 2.45) is 0 Å². The van der Waals surface area contributed by atoms with Crippen LogP contribution in [0.2, 0.25) is 0 Å². The number of para-hydroxylation sites is 1. The van der Waals surface area contributed by atoms with E-state index in [-0.39, 0.29) is 23.9 Å². The number of rotatable bonds is 6. The van der Waals surface area contributed by atoms with E-state index < -0.39 is 47.1 Å². The fourth-order valence-corrected chi connectivity index (χ4v) is 4.23. The van der Waals surface area contributed by atoms with Crippen molar-refractivity contribution in [3.8, 4) is 0 Å². The van der Waals surface area contributed by atoms with Gasteiger partial charge in [-0.2, -0.15) is 0 Å². The van der Waals surface area contributed by atoms with Gasteiger partial charge in [-0.3, -0.25) is 9.59 Å². The molecular weight excluding hydrogens is 487 g/mol. The van der Waals surface area contributed by atoms with E-state index in [4.69, 9.17) is 4.74 Å². The summed E-state index contributed by atoms with van der Waals surface area (Å²) in [7, 11) is 0. The van der Waals surface area contributed by atoms with Crippen LogP contribution in [0.1, 0.15) is 52.2 Å². The van der Waals surface area contributed by atoms with Crippen molar-refractivity contribution in [2.75, 3.05) is 4.90 Å².